The fourth-order valence-corrected chi connectivity index (χ4v) is 0.131. The van der Waals surface area contributed by atoms with Crippen molar-refractivity contribution in [2.45, 2.75) is 0 Å². The quantitative estimate of drug-likeness (QED) is 0.149. The molecular weight excluding hydrogens is 224 g/mol. The summed E-state index contributed by atoms with van der Waals surface area (Å²) < 4.78 is 0. The summed E-state index contributed by atoms with van der Waals surface area (Å²) in [6.07, 6.45) is 0. The molecule has 0 saturated carbocycles. The number of primary amides is 3. The average molecular weight is 246 g/mol. The van der Waals surface area contributed by atoms with Gasteiger partial charge in [0.05, 0.1) is 0 Å². The van der Waals surface area contributed by atoms with E-state index in [2.05, 4.69) is 34.6 Å². The van der Waals surface area contributed by atoms with Crippen molar-refractivity contribution in [1.82, 2.24) is 23.2 Å². The first-order chi connectivity index (χ1) is 6.36. The van der Waals surface area contributed by atoms with Crippen molar-refractivity contribution in [3.05, 3.63) is 0 Å². The van der Waals surface area contributed by atoms with Crippen molar-refractivity contribution in [2.75, 3.05) is 0 Å². The summed E-state index contributed by atoms with van der Waals surface area (Å²) in [5.41, 5.74) is 19.6. The Morgan fingerprint density at radius 2 is 1.19 bits per heavy atom. The van der Waals surface area contributed by atoms with E-state index in [9.17, 15) is 9.59 Å². The molecule has 13 nitrogen and oxygen atoms in total. The monoisotopic (exact) mass is 246 g/mol. The van der Waals surface area contributed by atoms with Gasteiger partial charge >= 0.3 is 18.1 Å². The van der Waals surface area contributed by atoms with Crippen molar-refractivity contribution >= 4 is 18.1 Å². The van der Waals surface area contributed by atoms with E-state index in [1.165, 1.54) is 0 Å². The smallest absolute Gasteiger partial charge is 0.369 e. The van der Waals surface area contributed by atoms with Gasteiger partial charge in [0.25, 0.3) is 0 Å². The van der Waals surface area contributed by atoms with E-state index in [4.69, 9.17) is 4.79 Å². The van der Waals surface area contributed by atoms with Gasteiger partial charge in [-0.2, -0.15) is 0 Å². The largest absolute Gasteiger partial charge is 0.430 e. The van der Waals surface area contributed by atoms with E-state index < -0.39 is 18.1 Å². The van der Waals surface area contributed by atoms with Crippen LogP contribution in [0.2, 0.25) is 0 Å². The fraction of sp³-hybridized carbons (Fsp3) is 0. The molecule has 0 heterocycles. The van der Waals surface area contributed by atoms with Crippen molar-refractivity contribution in [1.29, 1.82) is 0 Å². The summed E-state index contributed by atoms with van der Waals surface area (Å²) in [5, 5.41) is 0. The molecule has 0 spiro atoms. The maximum absolute atomic E-state index is 9.86. The standard InChI is InChI=1S/C2H6N4O2.CH4N2O.H4N2.2H3N/c3-1(7)5-6-2(4)8;2-1(3)4;1-2;;/h(H3,3,5,7)(H3,4,6,8);(H4,2,3,4);1-2H2;2*1H3/p+2. The van der Waals surface area contributed by atoms with E-state index in [-0.39, 0.29) is 12.3 Å². The molecule has 13 heteroatoms. The number of rotatable bonds is 0. The maximum Gasteiger partial charge on any atom is 0.430 e. The molecule has 0 aromatic heterocycles. The Bertz CT molecular complexity index is 164. The molecule has 0 aromatic carbocycles. The number of hydrogen-bond acceptors (Lipinski definition) is 6. The second-order valence-corrected chi connectivity index (χ2v) is 1.44. The Labute approximate surface area is 91.3 Å². The van der Waals surface area contributed by atoms with Gasteiger partial charge in [-0.1, -0.05) is 0 Å². The molecule has 6 amide bonds. The minimum atomic E-state index is -0.833. The first-order valence-corrected chi connectivity index (χ1v) is 2.92. The SMILES string of the molecule is N.NC(=O)NNC([NH3+])=O.NC(N)=O.NN.[NH4+]. The third kappa shape index (κ3) is 175. The second-order valence-electron chi connectivity index (χ2n) is 1.44. The van der Waals surface area contributed by atoms with E-state index in [1.54, 1.807) is 0 Å². The van der Waals surface area contributed by atoms with Crippen LogP contribution in [-0.2, 0) is 0 Å². The Morgan fingerprint density at radius 1 is 0.938 bits per heavy atom. The summed E-state index contributed by atoms with van der Waals surface area (Å²) in [6.45, 7) is 0. The minimum Gasteiger partial charge on any atom is -0.369 e. The van der Waals surface area contributed by atoms with Crippen LogP contribution in [0.4, 0.5) is 14.4 Å². The van der Waals surface area contributed by atoms with E-state index >= 15 is 0 Å². The van der Waals surface area contributed by atoms with Gasteiger partial charge in [-0.3, -0.25) is 17.4 Å². The first kappa shape index (κ1) is 29.2. The van der Waals surface area contributed by atoms with E-state index in [0.29, 0.717) is 0 Å². The molecule has 0 saturated heterocycles. The van der Waals surface area contributed by atoms with Crippen molar-refractivity contribution < 1.29 is 20.1 Å². The molecule has 0 radical (unpaired) electrons. The number of amides is 6. The van der Waals surface area contributed by atoms with Gasteiger partial charge in [-0.05, 0) is 0 Å². The topological polar surface area (TPSA) is 305 Å². The van der Waals surface area contributed by atoms with Gasteiger partial charge in [0.1, 0.15) is 0 Å². The predicted octanol–water partition coefficient (Wildman–Crippen LogP) is -4.10. The van der Waals surface area contributed by atoms with Crippen LogP contribution in [-0.4, -0.2) is 18.1 Å². The molecule has 0 atom stereocenters. The number of carbonyl (C=O) groups excluding carboxylic acids is 3. The Hall–Kier alpha value is -2.19. The lowest BCUT2D eigenvalue weighted by atomic mass is 11.1. The highest BCUT2D eigenvalue weighted by molar-refractivity contribution is 5.74. The maximum atomic E-state index is 9.86. The molecule has 22 N–H and O–H groups in total. The number of carbonyl (C=O) groups is 3. The Kier molecular flexibility index (Phi) is 42.0. The van der Waals surface area contributed by atoms with Crippen molar-refractivity contribution in [2.24, 2.45) is 28.9 Å². The molecule has 0 bridgehead atoms. The summed E-state index contributed by atoms with van der Waals surface area (Å²) in [5.74, 6) is 8.00. The molecule has 0 fully saturated rings. The Morgan fingerprint density at radius 3 is 1.25 bits per heavy atom. The van der Waals surface area contributed by atoms with Crippen LogP contribution in [0.25, 0.3) is 0 Å². The second kappa shape index (κ2) is 23.0. The highest BCUT2D eigenvalue weighted by Crippen LogP contribution is 1.46. The van der Waals surface area contributed by atoms with Crippen LogP contribution in [0.5, 0.6) is 0 Å². The molecule has 0 aliphatic rings. The normalized spacial score (nSPS) is 5.69. The molecule has 16 heavy (non-hydrogen) atoms. The summed E-state index contributed by atoms with van der Waals surface area (Å²) >= 11 is 0. The lowest BCUT2D eigenvalue weighted by Gasteiger charge is -1.94. The van der Waals surface area contributed by atoms with Crippen LogP contribution in [0.15, 0.2) is 0 Å². The van der Waals surface area contributed by atoms with Crippen LogP contribution >= 0.6 is 0 Å². The zero-order valence-electron chi connectivity index (χ0n) is 9.03. The highest BCUT2D eigenvalue weighted by Gasteiger charge is 1.93. The lowest BCUT2D eigenvalue weighted by Crippen LogP contribution is -2.66. The van der Waals surface area contributed by atoms with Crippen molar-refractivity contribution in [3.63, 3.8) is 0 Å². The van der Waals surface area contributed by atoms with Gasteiger partial charge in [0, 0.05) is 0 Å². The van der Waals surface area contributed by atoms with Crippen molar-refractivity contribution in [3.8, 4) is 0 Å². The number of nitrogens with one attached hydrogen (secondary N) is 2. The first-order valence-electron chi connectivity index (χ1n) is 2.92. The van der Waals surface area contributed by atoms with E-state index in [1.807, 2.05) is 10.9 Å². The average Bonchev–Trinajstić information content (AvgIpc) is 2.03. The molecule has 100 valence electrons. The molecule has 0 rings (SSSR count). The van der Waals surface area contributed by atoms with Crippen LogP contribution in [0, 0.1) is 0 Å². The zero-order valence-corrected chi connectivity index (χ0v) is 9.03. The van der Waals surface area contributed by atoms with Gasteiger partial charge in [-0.15, -0.1) is 0 Å². The third-order valence-corrected chi connectivity index (χ3v) is 0.325. The molecule has 0 aromatic rings. The summed E-state index contributed by atoms with van der Waals surface area (Å²) in [6, 6.07) is -2.26. The summed E-state index contributed by atoms with van der Waals surface area (Å²) in [7, 11) is 0. The number of hydrazine groups is 2. The van der Waals surface area contributed by atoms with Gasteiger partial charge in [-0.25, -0.2) is 25.2 Å². The molecule has 0 aliphatic carbocycles. The number of hydrogen-bond donors (Lipinski definition) is 10. The van der Waals surface area contributed by atoms with Crippen LogP contribution in [0.1, 0.15) is 0 Å². The minimum absolute atomic E-state index is 0. The van der Waals surface area contributed by atoms with E-state index in [0.717, 1.165) is 0 Å². The predicted molar refractivity (Wildman–Crippen MR) is 57.3 cm³/mol. The lowest BCUT2D eigenvalue weighted by molar-refractivity contribution is -0.251. The van der Waals surface area contributed by atoms with Crippen LogP contribution in [0.3, 0.4) is 0 Å². The molecule has 0 unspecified atom stereocenters. The number of quaternary nitrogens is 2. The summed E-state index contributed by atoms with van der Waals surface area (Å²) in [4.78, 5) is 28.6. The Balaban J connectivity index is -0.0000000439. The van der Waals surface area contributed by atoms with Gasteiger partial charge in [0.15, 0.2) is 0 Å². The molecular formula is C3H22N10O3+2. The number of nitrogens with two attached hydrogens (primary N) is 5. The van der Waals surface area contributed by atoms with Gasteiger partial charge in [0.2, 0.25) is 0 Å². The van der Waals surface area contributed by atoms with Crippen LogP contribution < -0.4 is 57.8 Å². The molecule has 0 aliphatic heterocycles. The fourth-order valence-electron chi connectivity index (χ4n) is 0.131. The zero-order chi connectivity index (χ0) is 12.1. The van der Waals surface area contributed by atoms with Gasteiger partial charge < -0.3 is 29.5 Å². The number of urea groups is 3. The highest BCUT2D eigenvalue weighted by atomic mass is 16.2. The third-order valence-electron chi connectivity index (χ3n) is 0.325.